The number of aromatic nitrogens is 2. The molecule has 2 amide bonds. The molecule has 1 aromatic heterocycles. The number of carbonyl (C=O) groups excluding carboxylic acids is 3. The molecule has 0 radical (unpaired) electrons. The van der Waals surface area contributed by atoms with Gasteiger partial charge in [0, 0.05) is 40.2 Å². The highest BCUT2D eigenvalue weighted by atomic mass is 79.9. The van der Waals surface area contributed by atoms with Crippen LogP contribution in [0.2, 0.25) is 0 Å². The number of ketones is 1. The Bertz CT molecular complexity index is 1540. The van der Waals surface area contributed by atoms with Crippen LogP contribution in [0.3, 0.4) is 0 Å². The summed E-state index contributed by atoms with van der Waals surface area (Å²) in [4.78, 5) is 41.8. The summed E-state index contributed by atoms with van der Waals surface area (Å²) in [7, 11) is 0. The third-order valence-corrected chi connectivity index (χ3v) is 7.65. The van der Waals surface area contributed by atoms with Gasteiger partial charge in [0.05, 0.1) is 16.6 Å². The number of nitrogens with two attached hydrogens (primary N) is 1. The molecule has 194 valence electrons. The Morgan fingerprint density at radius 3 is 2.61 bits per heavy atom. The number of hydrogen-bond donors (Lipinski definition) is 2. The van der Waals surface area contributed by atoms with E-state index < -0.39 is 5.91 Å². The molecule has 8 heteroatoms. The van der Waals surface area contributed by atoms with E-state index in [9.17, 15) is 14.4 Å². The van der Waals surface area contributed by atoms with E-state index in [0.29, 0.717) is 34.7 Å². The zero-order chi connectivity index (χ0) is 26.8. The summed E-state index contributed by atoms with van der Waals surface area (Å²) in [6, 6.07) is 18.6. The molecule has 3 aromatic carbocycles. The predicted molar refractivity (Wildman–Crippen MR) is 152 cm³/mol. The molecule has 1 aliphatic rings. The number of aryl methyl sites for hydroxylation is 2. The van der Waals surface area contributed by atoms with Crippen LogP contribution in [0.25, 0.3) is 22.4 Å². The molecule has 0 saturated heterocycles. The van der Waals surface area contributed by atoms with Crippen LogP contribution in [0, 0.1) is 5.92 Å². The van der Waals surface area contributed by atoms with Gasteiger partial charge in [-0.1, -0.05) is 46.3 Å². The van der Waals surface area contributed by atoms with Crippen LogP contribution >= 0.6 is 15.9 Å². The van der Waals surface area contributed by atoms with Gasteiger partial charge in [-0.05, 0) is 68.5 Å². The molecule has 0 bridgehead atoms. The van der Waals surface area contributed by atoms with Gasteiger partial charge in [-0.25, -0.2) is 4.98 Å². The van der Waals surface area contributed by atoms with Crippen molar-refractivity contribution in [3.05, 3.63) is 81.8 Å². The molecule has 7 nitrogen and oxygen atoms in total. The molecule has 1 unspecified atom stereocenters. The van der Waals surface area contributed by atoms with E-state index >= 15 is 0 Å². The van der Waals surface area contributed by atoms with E-state index in [4.69, 9.17) is 10.7 Å². The van der Waals surface area contributed by atoms with E-state index in [-0.39, 0.29) is 11.8 Å². The van der Waals surface area contributed by atoms with Crippen LogP contribution < -0.4 is 11.1 Å². The van der Waals surface area contributed by atoms with Crippen molar-refractivity contribution in [2.75, 3.05) is 5.32 Å². The lowest BCUT2D eigenvalue weighted by Gasteiger charge is -2.12. The Morgan fingerprint density at radius 2 is 1.92 bits per heavy atom. The van der Waals surface area contributed by atoms with Crippen LogP contribution in [-0.2, 0) is 17.8 Å². The first kappa shape index (κ1) is 25.9. The van der Waals surface area contributed by atoms with Crippen LogP contribution in [-0.4, -0.2) is 27.1 Å². The number of carbonyl (C=O) groups is 3. The third-order valence-electron chi connectivity index (χ3n) is 7.20. The van der Waals surface area contributed by atoms with Crippen molar-refractivity contribution in [1.29, 1.82) is 0 Å². The van der Waals surface area contributed by atoms with Crippen LogP contribution in [0.4, 0.5) is 5.69 Å². The number of primary amides is 1. The van der Waals surface area contributed by atoms with E-state index in [0.717, 1.165) is 53.5 Å². The van der Waals surface area contributed by atoms with Gasteiger partial charge < -0.3 is 15.6 Å². The number of hydrogen-bond acceptors (Lipinski definition) is 4. The fraction of sp³-hybridized carbons (Fsp3) is 0.267. The van der Waals surface area contributed by atoms with Gasteiger partial charge in [-0.3, -0.25) is 14.4 Å². The molecule has 0 spiro atoms. The zero-order valence-electron chi connectivity index (χ0n) is 21.2. The number of Topliss-reactive ketones (excluding diaryl/α,β-unsaturated/α-hetero) is 1. The number of amides is 2. The van der Waals surface area contributed by atoms with E-state index in [2.05, 4.69) is 45.5 Å². The van der Waals surface area contributed by atoms with Gasteiger partial charge in [-0.15, -0.1) is 0 Å². The Morgan fingerprint density at radius 1 is 1.13 bits per heavy atom. The molecule has 1 aliphatic carbocycles. The van der Waals surface area contributed by atoms with Crippen molar-refractivity contribution >= 4 is 50.2 Å². The van der Waals surface area contributed by atoms with Gasteiger partial charge in [0.1, 0.15) is 11.6 Å². The Balaban J connectivity index is 1.45. The highest BCUT2D eigenvalue weighted by Gasteiger charge is 2.24. The zero-order valence-corrected chi connectivity index (χ0v) is 22.8. The number of fused-ring (bicyclic) bond motifs is 1. The number of rotatable bonds is 8. The lowest BCUT2D eigenvalue weighted by Crippen LogP contribution is -2.15. The third kappa shape index (κ3) is 5.27. The lowest BCUT2D eigenvalue weighted by atomic mass is 9.97. The van der Waals surface area contributed by atoms with Crippen molar-refractivity contribution in [3.8, 4) is 11.4 Å². The molecule has 5 rings (SSSR count). The maximum absolute atomic E-state index is 13.4. The minimum atomic E-state index is -0.558. The van der Waals surface area contributed by atoms with Crippen molar-refractivity contribution < 1.29 is 14.4 Å². The second kappa shape index (κ2) is 10.9. The summed E-state index contributed by atoms with van der Waals surface area (Å²) >= 11 is 3.52. The van der Waals surface area contributed by atoms with E-state index in [1.807, 2.05) is 17.6 Å². The lowest BCUT2D eigenvalue weighted by molar-refractivity contribution is -0.120. The van der Waals surface area contributed by atoms with Gasteiger partial charge in [-0.2, -0.15) is 0 Å². The summed E-state index contributed by atoms with van der Waals surface area (Å²) in [5.41, 5.74) is 10.3. The standard InChI is InChI=1S/C30H29BrN4O3/c1-2-35-27-24(30(38)33-23-7-3-6-21(15-23)28(32)37)16-22(31)17-25(27)34-29(35)20-13-10-18(11-14-20)9-12-19-5-4-8-26(19)36/h3,6-7,10-11,13-17,19H,2,4-5,8-9,12H2,1H3,(H2,32,37)(H,33,38). The summed E-state index contributed by atoms with van der Waals surface area (Å²) in [6.07, 6.45) is 4.55. The van der Waals surface area contributed by atoms with Gasteiger partial charge in [0.15, 0.2) is 0 Å². The quantitative estimate of drug-likeness (QED) is 0.264. The van der Waals surface area contributed by atoms with Crippen molar-refractivity contribution in [2.24, 2.45) is 11.7 Å². The second-order valence-corrected chi connectivity index (χ2v) is 10.6. The van der Waals surface area contributed by atoms with Crippen LogP contribution in [0.15, 0.2) is 65.1 Å². The average molecular weight is 573 g/mol. The average Bonchev–Trinajstić information content (AvgIpc) is 3.49. The van der Waals surface area contributed by atoms with Crippen molar-refractivity contribution in [3.63, 3.8) is 0 Å². The van der Waals surface area contributed by atoms with E-state index in [1.54, 1.807) is 30.3 Å². The Kier molecular flexibility index (Phi) is 7.42. The first-order valence-corrected chi connectivity index (χ1v) is 13.7. The maximum Gasteiger partial charge on any atom is 0.257 e. The SMILES string of the molecule is CCn1c(-c2ccc(CCC3CCCC3=O)cc2)nc2cc(Br)cc(C(=O)Nc3cccc(C(N)=O)c3)c21. The first-order chi connectivity index (χ1) is 18.3. The van der Waals surface area contributed by atoms with Crippen molar-refractivity contribution in [2.45, 2.75) is 45.6 Å². The number of benzene rings is 3. The number of halogens is 1. The van der Waals surface area contributed by atoms with E-state index in [1.165, 1.54) is 5.56 Å². The molecule has 4 aromatic rings. The van der Waals surface area contributed by atoms with Crippen LogP contribution in [0.1, 0.15) is 58.9 Å². The summed E-state index contributed by atoms with van der Waals surface area (Å²) in [5.74, 6) is 0.529. The van der Waals surface area contributed by atoms with Gasteiger partial charge >= 0.3 is 0 Å². The topological polar surface area (TPSA) is 107 Å². The fourth-order valence-electron chi connectivity index (χ4n) is 5.24. The molecular formula is C30H29BrN4O3. The summed E-state index contributed by atoms with van der Waals surface area (Å²) < 4.78 is 2.79. The minimum Gasteiger partial charge on any atom is -0.366 e. The Labute approximate surface area is 229 Å². The highest BCUT2D eigenvalue weighted by molar-refractivity contribution is 9.10. The van der Waals surface area contributed by atoms with Crippen molar-refractivity contribution in [1.82, 2.24) is 9.55 Å². The monoisotopic (exact) mass is 572 g/mol. The number of nitrogens with one attached hydrogen (secondary N) is 1. The fourth-order valence-corrected chi connectivity index (χ4v) is 5.68. The molecule has 1 atom stereocenters. The molecule has 38 heavy (non-hydrogen) atoms. The number of imidazole rings is 1. The highest BCUT2D eigenvalue weighted by Crippen LogP contribution is 2.31. The second-order valence-electron chi connectivity index (χ2n) is 9.69. The summed E-state index contributed by atoms with van der Waals surface area (Å²) in [5, 5.41) is 2.89. The first-order valence-electron chi connectivity index (χ1n) is 12.9. The molecule has 1 heterocycles. The molecule has 1 fully saturated rings. The number of nitrogens with zero attached hydrogens (tertiary/aromatic N) is 2. The van der Waals surface area contributed by atoms with Gasteiger partial charge in [0.25, 0.3) is 5.91 Å². The summed E-state index contributed by atoms with van der Waals surface area (Å²) in [6.45, 7) is 2.65. The Hall–Kier alpha value is -3.78. The minimum absolute atomic E-state index is 0.209. The smallest absolute Gasteiger partial charge is 0.257 e. The van der Waals surface area contributed by atoms with Crippen LogP contribution in [0.5, 0.6) is 0 Å². The van der Waals surface area contributed by atoms with Gasteiger partial charge in [0.2, 0.25) is 5.91 Å². The maximum atomic E-state index is 13.4. The molecule has 0 aliphatic heterocycles. The largest absolute Gasteiger partial charge is 0.366 e. The normalized spacial score (nSPS) is 15.2. The predicted octanol–water partition coefficient (Wildman–Crippen LogP) is 6.14. The number of anilines is 1. The molecule has 3 N–H and O–H groups in total. The molecular weight excluding hydrogens is 544 g/mol. The molecule has 1 saturated carbocycles.